The van der Waals surface area contributed by atoms with Gasteiger partial charge >= 0.3 is 0 Å². The van der Waals surface area contributed by atoms with E-state index in [4.69, 9.17) is 0 Å². The second-order valence-electron chi connectivity index (χ2n) is 13.6. The molecule has 1 aliphatic carbocycles. The molecule has 0 nitrogen and oxygen atoms in total. The van der Waals surface area contributed by atoms with Gasteiger partial charge in [-0.15, -0.1) is 0 Å². The van der Waals surface area contributed by atoms with Crippen LogP contribution in [0.15, 0.2) is 182 Å². The quantitative estimate of drug-likeness (QED) is 0.169. The lowest BCUT2D eigenvalue weighted by molar-refractivity contribution is 0.978. The SMILES string of the molecule is C1=C(c2ccc3cc(-c4ccc(-c5c6ccccc6c(-c6ccc7ccccc7c6)c6ccccc56)cc4)ccc3c2)c2ccccc2CC1. The van der Waals surface area contributed by atoms with Crippen molar-refractivity contribution >= 4 is 48.7 Å². The smallest absolute Gasteiger partial charge is 0.00262 e. The van der Waals surface area contributed by atoms with Gasteiger partial charge in [-0.25, -0.2) is 0 Å². The van der Waals surface area contributed by atoms with Crippen molar-refractivity contribution in [3.8, 4) is 33.4 Å². The third-order valence-corrected chi connectivity index (χ3v) is 10.7. The van der Waals surface area contributed by atoms with Crippen molar-refractivity contribution in [1.82, 2.24) is 0 Å². The molecular formula is C50H34. The molecule has 1 aliphatic rings. The summed E-state index contributed by atoms with van der Waals surface area (Å²) < 4.78 is 0. The minimum absolute atomic E-state index is 1.10. The molecule has 0 N–H and O–H groups in total. The van der Waals surface area contributed by atoms with Crippen LogP contribution < -0.4 is 0 Å². The predicted octanol–water partition coefficient (Wildman–Crippen LogP) is 13.7. The summed E-state index contributed by atoms with van der Waals surface area (Å²) in [7, 11) is 0. The highest BCUT2D eigenvalue weighted by atomic mass is 14.2. The fourth-order valence-corrected chi connectivity index (χ4v) is 8.27. The van der Waals surface area contributed by atoms with Crippen LogP contribution in [0.3, 0.4) is 0 Å². The van der Waals surface area contributed by atoms with Gasteiger partial charge in [-0.1, -0.05) is 164 Å². The van der Waals surface area contributed by atoms with E-state index in [-0.39, 0.29) is 0 Å². The number of hydrogen-bond donors (Lipinski definition) is 0. The van der Waals surface area contributed by atoms with Gasteiger partial charge in [0.15, 0.2) is 0 Å². The highest BCUT2D eigenvalue weighted by Gasteiger charge is 2.17. The molecule has 9 aromatic rings. The first-order valence-electron chi connectivity index (χ1n) is 17.6. The Bertz CT molecular complexity index is 2740. The molecule has 0 saturated carbocycles. The Morgan fingerprint density at radius 2 is 0.780 bits per heavy atom. The summed E-state index contributed by atoms with van der Waals surface area (Å²) in [6.45, 7) is 0. The van der Waals surface area contributed by atoms with Crippen molar-refractivity contribution in [3.05, 3.63) is 199 Å². The highest BCUT2D eigenvalue weighted by Crippen LogP contribution is 2.44. The first-order valence-corrected chi connectivity index (χ1v) is 17.6. The first-order chi connectivity index (χ1) is 24.8. The minimum atomic E-state index is 1.10. The fourth-order valence-electron chi connectivity index (χ4n) is 8.27. The molecule has 0 heterocycles. The average molecular weight is 635 g/mol. The molecule has 0 unspecified atom stereocenters. The van der Waals surface area contributed by atoms with E-state index in [1.54, 1.807) is 0 Å². The third kappa shape index (κ3) is 4.76. The van der Waals surface area contributed by atoms with Gasteiger partial charge in [0.25, 0.3) is 0 Å². The van der Waals surface area contributed by atoms with Crippen molar-refractivity contribution < 1.29 is 0 Å². The molecule has 0 saturated heterocycles. The lowest BCUT2D eigenvalue weighted by Gasteiger charge is -2.18. The van der Waals surface area contributed by atoms with Crippen LogP contribution in [0, 0.1) is 0 Å². The Labute approximate surface area is 292 Å². The summed E-state index contributed by atoms with van der Waals surface area (Å²) in [6, 6.07) is 65.2. The highest BCUT2D eigenvalue weighted by molar-refractivity contribution is 6.21. The normalized spacial score (nSPS) is 12.8. The lowest BCUT2D eigenvalue weighted by atomic mass is 9.85. The fraction of sp³-hybridized carbons (Fsp3) is 0.0400. The number of hydrogen-bond acceptors (Lipinski definition) is 0. The number of rotatable bonds is 4. The molecule has 0 atom stereocenters. The van der Waals surface area contributed by atoms with Crippen molar-refractivity contribution in [2.45, 2.75) is 12.8 Å². The van der Waals surface area contributed by atoms with Crippen molar-refractivity contribution in [2.24, 2.45) is 0 Å². The zero-order valence-electron chi connectivity index (χ0n) is 27.7. The van der Waals surface area contributed by atoms with Gasteiger partial charge in [-0.2, -0.15) is 0 Å². The van der Waals surface area contributed by atoms with Gasteiger partial charge in [-0.3, -0.25) is 0 Å². The van der Waals surface area contributed by atoms with E-state index >= 15 is 0 Å². The van der Waals surface area contributed by atoms with Crippen LogP contribution in [-0.2, 0) is 6.42 Å². The topological polar surface area (TPSA) is 0 Å². The molecule has 0 spiro atoms. The Hall–Kier alpha value is -6.24. The van der Waals surface area contributed by atoms with Crippen molar-refractivity contribution in [3.63, 3.8) is 0 Å². The summed E-state index contributed by atoms with van der Waals surface area (Å²) in [5.41, 5.74) is 13.0. The van der Waals surface area contributed by atoms with Crippen LogP contribution in [0.1, 0.15) is 23.1 Å². The van der Waals surface area contributed by atoms with Crippen LogP contribution >= 0.6 is 0 Å². The van der Waals surface area contributed by atoms with E-state index in [2.05, 4.69) is 182 Å². The maximum absolute atomic E-state index is 2.41. The number of benzene rings is 9. The molecule has 0 bridgehead atoms. The number of allylic oxidation sites excluding steroid dienone is 1. The molecule has 0 aliphatic heterocycles. The standard InChI is InChI=1S/C50H34/c1-2-12-37-32-42(29-22-33(37)10-1)50-47-17-7-5-15-45(47)49(46-16-6-8-18-48(46)50)36-23-20-34(21-24-36)38-25-26-40-31-41(28-27-39(40)30-38)44-19-9-13-35-11-3-4-14-43(35)44/h1-8,10-12,14-32H,9,13H2. The zero-order valence-corrected chi connectivity index (χ0v) is 27.7. The Morgan fingerprint density at radius 3 is 1.50 bits per heavy atom. The Morgan fingerprint density at radius 1 is 0.320 bits per heavy atom. The predicted molar refractivity (Wildman–Crippen MR) is 215 cm³/mol. The summed E-state index contributed by atoms with van der Waals surface area (Å²) in [4.78, 5) is 0. The van der Waals surface area contributed by atoms with E-state index in [1.165, 1.54) is 98.7 Å². The minimum Gasteiger partial charge on any atom is -0.0757 e. The van der Waals surface area contributed by atoms with Crippen LogP contribution in [0.5, 0.6) is 0 Å². The molecule has 0 radical (unpaired) electrons. The second kappa shape index (κ2) is 11.7. The average Bonchev–Trinajstić information content (AvgIpc) is 3.19. The van der Waals surface area contributed by atoms with Gasteiger partial charge in [0.1, 0.15) is 0 Å². The summed E-state index contributed by atoms with van der Waals surface area (Å²) >= 11 is 0. The molecule has 0 aromatic heterocycles. The molecule has 10 rings (SSSR count). The van der Waals surface area contributed by atoms with E-state index in [9.17, 15) is 0 Å². The first kappa shape index (κ1) is 28.7. The zero-order chi connectivity index (χ0) is 33.0. The molecule has 0 amide bonds. The molecule has 9 aromatic carbocycles. The van der Waals surface area contributed by atoms with Crippen LogP contribution in [0.25, 0.3) is 82.0 Å². The number of fused-ring (bicyclic) bond motifs is 5. The molecular weight excluding hydrogens is 601 g/mol. The lowest BCUT2D eigenvalue weighted by Crippen LogP contribution is -2.00. The second-order valence-corrected chi connectivity index (χ2v) is 13.6. The monoisotopic (exact) mass is 634 g/mol. The van der Waals surface area contributed by atoms with Gasteiger partial charge < -0.3 is 0 Å². The summed E-state index contributed by atoms with van der Waals surface area (Å²) in [6.07, 6.45) is 4.63. The molecule has 0 heteroatoms. The largest absolute Gasteiger partial charge is 0.0757 e. The van der Waals surface area contributed by atoms with Crippen LogP contribution in [0.2, 0.25) is 0 Å². The van der Waals surface area contributed by atoms with E-state index in [0.717, 1.165) is 12.8 Å². The van der Waals surface area contributed by atoms with Crippen molar-refractivity contribution in [2.75, 3.05) is 0 Å². The van der Waals surface area contributed by atoms with Gasteiger partial charge in [-0.05, 0) is 130 Å². The van der Waals surface area contributed by atoms with E-state index in [0.29, 0.717) is 0 Å². The van der Waals surface area contributed by atoms with Gasteiger partial charge in [0.05, 0.1) is 0 Å². The summed E-state index contributed by atoms with van der Waals surface area (Å²) in [5.74, 6) is 0. The molecule has 234 valence electrons. The van der Waals surface area contributed by atoms with Crippen LogP contribution in [-0.4, -0.2) is 0 Å². The maximum atomic E-state index is 2.41. The van der Waals surface area contributed by atoms with E-state index in [1.807, 2.05) is 0 Å². The summed E-state index contributed by atoms with van der Waals surface area (Å²) in [5, 5.41) is 10.2. The number of aryl methyl sites for hydroxylation is 1. The Balaban J connectivity index is 1.04. The molecule has 0 fully saturated rings. The molecule has 50 heavy (non-hydrogen) atoms. The maximum Gasteiger partial charge on any atom is -0.00262 e. The van der Waals surface area contributed by atoms with Gasteiger partial charge in [0, 0.05) is 0 Å². The van der Waals surface area contributed by atoms with E-state index < -0.39 is 0 Å². The van der Waals surface area contributed by atoms with Crippen LogP contribution in [0.4, 0.5) is 0 Å². The Kier molecular flexibility index (Phi) is 6.74. The van der Waals surface area contributed by atoms with Crippen molar-refractivity contribution in [1.29, 1.82) is 0 Å². The van der Waals surface area contributed by atoms with Gasteiger partial charge in [0.2, 0.25) is 0 Å². The third-order valence-electron chi connectivity index (χ3n) is 10.7.